The Hall–Kier alpha value is -2.30. The van der Waals surface area contributed by atoms with Gasteiger partial charge in [-0.05, 0) is 24.3 Å². The van der Waals surface area contributed by atoms with Crippen molar-refractivity contribution in [3.63, 3.8) is 0 Å². The molecule has 0 atom stereocenters. The van der Waals surface area contributed by atoms with Crippen LogP contribution in [0, 0.1) is 0 Å². The Morgan fingerprint density at radius 2 is 2.00 bits per heavy atom. The molecule has 0 bridgehead atoms. The number of Topliss-reactive ketones (excluding diaryl/α,β-unsaturated/α-hetero) is 1. The van der Waals surface area contributed by atoms with Crippen LogP contribution in [-0.4, -0.2) is 26.9 Å². The zero-order valence-corrected chi connectivity index (χ0v) is 8.93. The molecule has 1 aromatic heterocycles. The summed E-state index contributed by atoms with van der Waals surface area (Å²) in [4.78, 5) is 24.7. The normalized spacial score (nSPS) is 10.6. The highest BCUT2D eigenvalue weighted by molar-refractivity contribution is 5.96. The number of aromatic nitrogens is 1. The molecule has 0 unspecified atom stereocenters. The van der Waals surface area contributed by atoms with Crippen molar-refractivity contribution < 1.29 is 19.8 Å². The molecule has 0 saturated heterocycles. The summed E-state index contributed by atoms with van der Waals surface area (Å²) in [7, 11) is 0. The van der Waals surface area contributed by atoms with Crippen molar-refractivity contribution in [1.29, 1.82) is 0 Å². The van der Waals surface area contributed by atoms with Crippen LogP contribution in [0.2, 0.25) is 0 Å². The Labute approximate surface area is 96.7 Å². The minimum absolute atomic E-state index is 0.0573. The van der Waals surface area contributed by atoms with Gasteiger partial charge >= 0.3 is 5.97 Å². The molecule has 3 N–H and O–H groups in total. The molecule has 0 fully saturated rings. The number of phenols is 1. The molecule has 0 aliphatic heterocycles. The van der Waals surface area contributed by atoms with Gasteiger partial charge in [-0.15, -0.1) is 0 Å². The van der Waals surface area contributed by atoms with Gasteiger partial charge in [0.25, 0.3) is 0 Å². The maximum Gasteiger partial charge on any atom is 0.310 e. The number of fused-ring (bicyclic) bond motifs is 1. The van der Waals surface area contributed by atoms with Crippen molar-refractivity contribution in [3.05, 3.63) is 30.0 Å². The lowest BCUT2D eigenvalue weighted by atomic mass is 10.1. The maximum absolute atomic E-state index is 11.3. The molecule has 2 aromatic rings. The van der Waals surface area contributed by atoms with Crippen LogP contribution in [0.25, 0.3) is 10.9 Å². The number of ketones is 1. The lowest BCUT2D eigenvalue weighted by Gasteiger charge is -1.94. The molecule has 0 aliphatic rings. The molecule has 0 spiro atoms. The van der Waals surface area contributed by atoms with Crippen LogP contribution in [0.3, 0.4) is 0 Å². The van der Waals surface area contributed by atoms with Gasteiger partial charge in [0.2, 0.25) is 0 Å². The van der Waals surface area contributed by atoms with E-state index in [9.17, 15) is 14.7 Å². The Morgan fingerprint density at radius 1 is 1.24 bits per heavy atom. The van der Waals surface area contributed by atoms with E-state index in [0.29, 0.717) is 5.69 Å². The van der Waals surface area contributed by atoms with Gasteiger partial charge in [-0.3, -0.25) is 9.59 Å². The summed E-state index contributed by atoms with van der Waals surface area (Å²) in [5, 5.41) is 18.6. The second kappa shape index (κ2) is 4.29. The Kier molecular flexibility index (Phi) is 2.82. The van der Waals surface area contributed by atoms with Crippen LogP contribution in [0.4, 0.5) is 0 Å². The summed E-state index contributed by atoms with van der Waals surface area (Å²) >= 11 is 0. The van der Waals surface area contributed by atoms with Crippen molar-refractivity contribution in [3.8, 4) is 5.75 Å². The number of H-pyrrole nitrogens is 1. The predicted octanol–water partition coefficient (Wildman–Crippen LogP) is 1.46. The number of phenolic OH excluding ortho intramolecular Hbond substituents is 1. The van der Waals surface area contributed by atoms with E-state index in [0.717, 1.165) is 10.9 Å². The van der Waals surface area contributed by atoms with E-state index in [1.807, 2.05) is 0 Å². The molecule has 5 nitrogen and oxygen atoms in total. The molecule has 88 valence electrons. The highest BCUT2D eigenvalue weighted by Crippen LogP contribution is 2.20. The molecule has 1 heterocycles. The molecule has 0 amide bonds. The number of benzene rings is 1. The fourth-order valence-corrected chi connectivity index (χ4v) is 1.72. The number of aliphatic carboxylic acids is 1. The first kappa shape index (κ1) is 11.2. The number of nitrogens with one attached hydrogen (secondary N) is 1. The molecule has 0 radical (unpaired) electrons. The largest absolute Gasteiger partial charge is 0.508 e. The molecular formula is C12H11NO4. The lowest BCUT2D eigenvalue weighted by molar-refractivity contribution is -0.140. The van der Waals surface area contributed by atoms with Crippen molar-refractivity contribution in [2.45, 2.75) is 12.8 Å². The molecule has 5 heteroatoms. The SMILES string of the molecule is O=C(O)CC(=O)Cc1cc2cc(O)ccc2[nH]1. The van der Waals surface area contributed by atoms with Crippen molar-refractivity contribution in [2.75, 3.05) is 0 Å². The molecular weight excluding hydrogens is 222 g/mol. The second-order valence-electron chi connectivity index (χ2n) is 3.85. The van der Waals surface area contributed by atoms with E-state index < -0.39 is 12.4 Å². The number of hydrogen-bond donors (Lipinski definition) is 3. The van der Waals surface area contributed by atoms with Gasteiger partial charge in [-0.2, -0.15) is 0 Å². The van der Waals surface area contributed by atoms with Crippen LogP contribution < -0.4 is 0 Å². The molecule has 0 saturated carbocycles. The summed E-state index contributed by atoms with van der Waals surface area (Å²) in [5.41, 5.74) is 1.46. The fraction of sp³-hybridized carbons (Fsp3) is 0.167. The third-order valence-electron chi connectivity index (χ3n) is 2.40. The van der Waals surface area contributed by atoms with Gasteiger partial charge in [0.15, 0.2) is 0 Å². The fourth-order valence-electron chi connectivity index (χ4n) is 1.72. The van der Waals surface area contributed by atoms with Crippen LogP contribution >= 0.6 is 0 Å². The molecule has 2 rings (SSSR count). The van der Waals surface area contributed by atoms with Gasteiger partial charge in [-0.25, -0.2) is 0 Å². The number of rotatable bonds is 4. The summed E-state index contributed by atoms with van der Waals surface area (Å²) in [6.07, 6.45) is -0.414. The number of hydrogen-bond acceptors (Lipinski definition) is 3. The van der Waals surface area contributed by atoms with Crippen LogP contribution in [-0.2, 0) is 16.0 Å². The van der Waals surface area contributed by atoms with Gasteiger partial charge in [0, 0.05) is 23.0 Å². The lowest BCUT2D eigenvalue weighted by Crippen LogP contribution is -2.09. The van der Waals surface area contributed by atoms with E-state index in [1.165, 1.54) is 0 Å². The molecule has 0 aliphatic carbocycles. The first-order valence-corrected chi connectivity index (χ1v) is 5.09. The zero-order valence-electron chi connectivity index (χ0n) is 8.93. The smallest absolute Gasteiger partial charge is 0.310 e. The van der Waals surface area contributed by atoms with E-state index >= 15 is 0 Å². The van der Waals surface area contributed by atoms with Crippen LogP contribution in [0.1, 0.15) is 12.1 Å². The number of aromatic hydroxyl groups is 1. The van der Waals surface area contributed by atoms with E-state index in [1.54, 1.807) is 24.3 Å². The van der Waals surface area contributed by atoms with Crippen LogP contribution in [0.5, 0.6) is 5.75 Å². The van der Waals surface area contributed by atoms with E-state index in [-0.39, 0.29) is 18.0 Å². The first-order valence-electron chi connectivity index (χ1n) is 5.09. The Morgan fingerprint density at radius 3 is 2.71 bits per heavy atom. The van der Waals surface area contributed by atoms with Crippen molar-refractivity contribution >= 4 is 22.7 Å². The average Bonchev–Trinajstić information content (AvgIpc) is 2.57. The summed E-state index contributed by atoms with van der Waals surface area (Å²) in [6.45, 7) is 0. The monoisotopic (exact) mass is 233 g/mol. The van der Waals surface area contributed by atoms with Crippen molar-refractivity contribution in [2.24, 2.45) is 0 Å². The Bertz CT molecular complexity index is 585. The van der Waals surface area contributed by atoms with E-state index in [4.69, 9.17) is 5.11 Å². The number of carboxylic acids is 1. The summed E-state index contributed by atoms with van der Waals surface area (Å²) in [6, 6.07) is 6.56. The highest BCUT2D eigenvalue weighted by atomic mass is 16.4. The quantitative estimate of drug-likeness (QED) is 0.697. The number of carbonyl (C=O) groups excluding carboxylic acids is 1. The number of carboxylic acid groups (broad SMARTS) is 1. The minimum atomic E-state index is -1.12. The van der Waals surface area contributed by atoms with E-state index in [2.05, 4.69) is 4.98 Å². The first-order chi connectivity index (χ1) is 8.04. The zero-order chi connectivity index (χ0) is 12.4. The predicted molar refractivity (Wildman–Crippen MR) is 60.9 cm³/mol. The van der Waals surface area contributed by atoms with Crippen molar-refractivity contribution in [1.82, 2.24) is 4.98 Å². The van der Waals surface area contributed by atoms with Gasteiger partial charge in [-0.1, -0.05) is 0 Å². The highest BCUT2D eigenvalue weighted by Gasteiger charge is 2.10. The third kappa shape index (κ3) is 2.63. The molecule has 17 heavy (non-hydrogen) atoms. The van der Waals surface area contributed by atoms with Gasteiger partial charge in [0.1, 0.15) is 18.0 Å². The average molecular weight is 233 g/mol. The topological polar surface area (TPSA) is 90.4 Å². The number of carbonyl (C=O) groups is 2. The number of aromatic amines is 1. The van der Waals surface area contributed by atoms with Gasteiger partial charge < -0.3 is 15.2 Å². The van der Waals surface area contributed by atoms with Crippen LogP contribution in [0.15, 0.2) is 24.3 Å². The third-order valence-corrected chi connectivity index (χ3v) is 2.40. The second-order valence-corrected chi connectivity index (χ2v) is 3.85. The van der Waals surface area contributed by atoms with Gasteiger partial charge in [0.05, 0.1) is 0 Å². The summed E-state index contributed by atoms with van der Waals surface area (Å²) in [5.74, 6) is -1.32. The molecule has 1 aromatic carbocycles. The minimum Gasteiger partial charge on any atom is -0.508 e. The maximum atomic E-state index is 11.3. The Balaban J connectivity index is 2.19. The standard InChI is InChI=1S/C12H11NO4/c14-9-1-2-11-7(4-9)3-8(13-11)5-10(15)6-12(16)17/h1-4,13-14H,5-6H2,(H,16,17). The summed E-state index contributed by atoms with van der Waals surface area (Å²) < 4.78 is 0.